The van der Waals surface area contributed by atoms with Gasteiger partial charge in [0.15, 0.2) is 0 Å². The summed E-state index contributed by atoms with van der Waals surface area (Å²) in [7, 11) is 0. The normalized spacial score (nSPS) is 22.0. The number of aryl methyl sites for hydroxylation is 1. The van der Waals surface area contributed by atoms with E-state index in [1.165, 1.54) is 0 Å². The number of fused-ring (bicyclic) bond motifs is 1. The van der Waals surface area contributed by atoms with Crippen LogP contribution in [0.5, 0.6) is 0 Å². The lowest BCUT2D eigenvalue weighted by molar-refractivity contribution is 0.0435. The van der Waals surface area contributed by atoms with Gasteiger partial charge in [0, 0.05) is 25.0 Å². The molecule has 6 heteroatoms. The van der Waals surface area contributed by atoms with Crippen molar-refractivity contribution in [2.24, 2.45) is 5.92 Å². The Bertz CT molecular complexity index is 682. The molecule has 2 atom stereocenters. The van der Waals surface area contributed by atoms with Crippen LogP contribution >= 0.6 is 0 Å². The second-order valence-corrected chi connectivity index (χ2v) is 6.07. The summed E-state index contributed by atoms with van der Waals surface area (Å²) in [6, 6.07) is 5.80. The zero-order valence-corrected chi connectivity index (χ0v) is 13.0. The number of amides is 2. The largest absolute Gasteiger partial charge is 0.391 e. The van der Waals surface area contributed by atoms with Crippen molar-refractivity contribution in [1.82, 2.24) is 19.6 Å². The number of aliphatic hydroxyl groups is 1. The van der Waals surface area contributed by atoms with Gasteiger partial charge < -0.3 is 19.7 Å². The maximum absolute atomic E-state index is 12.2. The predicted molar refractivity (Wildman–Crippen MR) is 83.5 cm³/mol. The van der Waals surface area contributed by atoms with Gasteiger partial charge >= 0.3 is 6.03 Å². The highest BCUT2D eigenvalue weighted by Gasteiger charge is 2.27. The summed E-state index contributed by atoms with van der Waals surface area (Å²) in [5.74, 6) is 0.255. The lowest BCUT2D eigenvalue weighted by Gasteiger charge is -2.34. The zero-order valence-electron chi connectivity index (χ0n) is 13.0. The first kappa shape index (κ1) is 14.8. The molecule has 0 bridgehead atoms. The van der Waals surface area contributed by atoms with Crippen molar-refractivity contribution in [3.8, 4) is 0 Å². The summed E-state index contributed by atoms with van der Waals surface area (Å²) in [5, 5.41) is 12.8. The van der Waals surface area contributed by atoms with Crippen molar-refractivity contribution in [1.29, 1.82) is 0 Å². The molecule has 2 N–H and O–H groups in total. The number of pyridine rings is 1. The number of rotatable bonds is 2. The van der Waals surface area contributed by atoms with E-state index < -0.39 is 6.10 Å². The topological polar surface area (TPSA) is 69.9 Å². The molecule has 3 heterocycles. The minimum absolute atomic E-state index is 0.139. The zero-order chi connectivity index (χ0) is 15.7. The molecule has 22 heavy (non-hydrogen) atoms. The van der Waals surface area contributed by atoms with Crippen LogP contribution in [0.2, 0.25) is 0 Å². The Morgan fingerprint density at radius 1 is 1.50 bits per heavy atom. The fraction of sp³-hybridized carbons (Fsp3) is 0.500. The Hall–Kier alpha value is -2.08. The molecule has 3 rings (SSSR count). The molecule has 1 fully saturated rings. The SMILES string of the molecule is Cc1cccc2nc(CNC(=O)N3CCC(C)C(O)C3)cn12. The van der Waals surface area contributed by atoms with E-state index in [1.807, 2.05) is 42.6 Å². The van der Waals surface area contributed by atoms with Gasteiger partial charge in [-0.15, -0.1) is 0 Å². The molecule has 2 unspecified atom stereocenters. The summed E-state index contributed by atoms with van der Waals surface area (Å²) in [4.78, 5) is 18.3. The van der Waals surface area contributed by atoms with E-state index in [0.29, 0.717) is 19.6 Å². The summed E-state index contributed by atoms with van der Waals surface area (Å²) < 4.78 is 2.01. The molecule has 2 aromatic rings. The Labute approximate surface area is 129 Å². The maximum atomic E-state index is 12.2. The van der Waals surface area contributed by atoms with Gasteiger partial charge in [0.2, 0.25) is 0 Å². The summed E-state index contributed by atoms with van der Waals surface area (Å²) >= 11 is 0. The molecule has 6 nitrogen and oxygen atoms in total. The van der Waals surface area contributed by atoms with Gasteiger partial charge in [-0.2, -0.15) is 0 Å². The minimum Gasteiger partial charge on any atom is -0.391 e. The van der Waals surface area contributed by atoms with Crippen molar-refractivity contribution in [2.45, 2.75) is 32.9 Å². The third kappa shape index (κ3) is 2.92. The second-order valence-electron chi connectivity index (χ2n) is 6.07. The lowest BCUT2D eigenvalue weighted by atomic mass is 9.96. The van der Waals surface area contributed by atoms with Gasteiger partial charge in [0.05, 0.1) is 18.3 Å². The molecule has 1 aliphatic heterocycles. The average molecular weight is 302 g/mol. The molecule has 0 spiro atoms. The van der Waals surface area contributed by atoms with Crippen molar-refractivity contribution in [3.63, 3.8) is 0 Å². The first-order chi connectivity index (χ1) is 10.5. The van der Waals surface area contributed by atoms with Gasteiger partial charge in [-0.3, -0.25) is 0 Å². The molecule has 118 valence electrons. The van der Waals surface area contributed by atoms with Crippen LogP contribution < -0.4 is 5.32 Å². The Morgan fingerprint density at radius 2 is 2.32 bits per heavy atom. The molecule has 0 saturated carbocycles. The highest BCUT2D eigenvalue weighted by atomic mass is 16.3. The lowest BCUT2D eigenvalue weighted by Crippen LogP contribution is -2.49. The molecule has 1 aliphatic rings. The third-order valence-corrected chi connectivity index (χ3v) is 4.37. The molecular formula is C16H22N4O2. The van der Waals surface area contributed by atoms with E-state index in [4.69, 9.17) is 0 Å². The van der Waals surface area contributed by atoms with Crippen molar-refractivity contribution < 1.29 is 9.90 Å². The maximum Gasteiger partial charge on any atom is 0.317 e. The average Bonchev–Trinajstić information content (AvgIpc) is 2.92. The van der Waals surface area contributed by atoms with E-state index in [2.05, 4.69) is 10.3 Å². The number of nitrogens with zero attached hydrogens (tertiary/aromatic N) is 3. The number of likely N-dealkylation sites (tertiary alicyclic amines) is 1. The number of hydrogen-bond donors (Lipinski definition) is 2. The predicted octanol–water partition coefficient (Wildman–Crippen LogP) is 1.56. The first-order valence-electron chi connectivity index (χ1n) is 7.69. The van der Waals surface area contributed by atoms with Gasteiger partial charge in [-0.25, -0.2) is 9.78 Å². The Morgan fingerprint density at radius 3 is 3.05 bits per heavy atom. The molecule has 2 aromatic heterocycles. The monoisotopic (exact) mass is 302 g/mol. The van der Waals surface area contributed by atoms with Crippen LogP contribution in [0.15, 0.2) is 24.4 Å². The number of hydrogen-bond acceptors (Lipinski definition) is 3. The van der Waals surface area contributed by atoms with Crippen LogP contribution in [-0.4, -0.2) is 44.6 Å². The van der Waals surface area contributed by atoms with Crippen molar-refractivity contribution in [2.75, 3.05) is 13.1 Å². The number of piperidine rings is 1. The number of urea groups is 1. The number of β-amino-alcohol motifs (C(OH)–C–C–N with tert-alkyl or cyclic N) is 1. The van der Waals surface area contributed by atoms with E-state index in [0.717, 1.165) is 23.5 Å². The fourth-order valence-corrected chi connectivity index (χ4v) is 2.80. The van der Waals surface area contributed by atoms with E-state index in [1.54, 1.807) is 4.90 Å². The number of aliphatic hydroxyl groups excluding tert-OH is 1. The molecule has 2 amide bonds. The minimum atomic E-state index is -0.433. The van der Waals surface area contributed by atoms with E-state index in [-0.39, 0.29) is 11.9 Å². The number of aromatic nitrogens is 2. The van der Waals surface area contributed by atoms with E-state index in [9.17, 15) is 9.90 Å². The number of nitrogens with one attached hydrogen (secondary N) is 1. The quantitative estimate of drug-likeness (QED) is 0.884. The van der Waals surface area contributed by atoms with Crippen LogP contribution in [0.1, 0.15) is 24.7 Å². The summed E-state index contributed by atoms with van der Waals surface area (Å²) in [5.41, 5.74) is 2.82. The van der Waals surface area contributed by atoms with Gasteiger partial charge in [0.25, 0.3) is 0 Å². The highest BCUT2D eigenvalue weighted by molar-refractivity contribution is 5.74. The van der Waals surface area contributed by atoms with Crippen molar-refractivity contribution >= 4 is 11.7 Å². The van der Waals surface area contributed by atoms with Crippen LogP contribution in [0.4, 0.5) is 4.79 Å². The van der Waals surface area contributed by atoms with Crippen LogP contribution in [0, 0.1) is 12.8 Å². The molecule has 0 aromatic carbocycles. The molecule has 1 saturated heterocycles. The smallest absolute Gasteiger partial charge is 0.317 e. The second kappa shape index (κ2) is 5.96. The summed E-state index contributed by atoms with van der Waals surface area (Å²) in [6.07, 6.45) is 2.34. The molecule has 0 aliphatic carbocycles. The van der Waals surface area contributed by atoms with Gasteiger partial charge in [-0.05, 0) is 31.4 Å². The highest BCUT2D eigenvalue weighted by Crippen LogP contribution is 2.17. The van der Waals surface area contributed by atoms with Crippen molar-refractivity contribution in [3.05, 3.63) is 35.8 Å². The van der Waals surface area contributed by atoms with Gasteiger partial charge in [0.1, 0.15) is 5.65 Å². The Balaban J connectivity index is 1.61. The number of imidazole rings is 1. The fourth-order valence-electron chi connectivity index (χ4n) is 2.80. The number of carbonyl (C=O) groups excluding carboxylic acids is 1. The third-order valence-electron chi connectivity index (χ3n) is 4.37. The van der Waals surface area contributed by atoms with Crippen LogP contribution in [-0.2, 0) is 6.54 Å². The molecule has 0 radical (unpaired) electrons. The number of carbonyl (C=O) groups is 1. The van der Waals surface area contributed by atoms with E-state index >= 15 is 0 Å². The van der Waals surface area contributed by atoms with Crippen LogP contribution in [0.3, 0.4) is 0 Å². The summed E-state index contributed by atoms with van der Waals surface area (Å²) in [6.45, 7) is 5.51. The first-order valence-corrected chi connectivity index (χ1v) is 7.69. The van der Waals surface area contributed by atoms with Gasteiger partial charge in [-0.1, -0.05) is 13.0 Å². The molecular weight excluding hydrogens is 280 g/mol. The Kier molecular flexibility index (Phi) is 4.02. The standard InChI is InChI=1S/C16H22N4O2/c1-11-6-7-19(10-14(11)21)16(22)17-8-13-9-20-12(2)4-3-5-15(20)18-13/h3-5,9,11,14,21H,6-8,10H2,1-2H3,(H,17,22). The van der Waals surface area contributed by atoms with Crippen LogP contribution in [0.25, 0.3) is 5.65 Å².